The van der Waals surface area contributed by atoms with Crippen molar-refractivity contribution < 1.29 is 13.5 Å². The van der Waals surface area contributed by atoms with Gasteiger partial charge in [-0.25, -0.2) is 8.78 Å². The molecule has 0 saturated carbocycles. The number of rotatable bonds is 7. The molecule has 1 aliphatic rings. The highest BCUT2D eigenvalue weighted by Crippen LogP contribution is 2.22. The number of aromatic nitrogens is 1. The molecule has 1 aromatic heterocycles. The van der Waals surface area contributed by atoms with Gasteiger partial charge >= 0.3 is 0 Å². The smallest absolute Gasteiger partial charge is 0.191 e. The predicted octanol–water partition coefficient (Wildman–Crippen LogP) is 3.23. The number of aliphatic imine (C=N–C) groups is 1. The molecule has 1 unspecified atom stereocenters. The van der Waals surface area contributed by atoms with Crippen LogP contribution in [-0.2, 0) is 11.2 Å². The first-order valence-electron chi connectivity index (χ1n) is 10.9. The third-order valence-electron chi connectivity index (χ3n) is 5.82. The summed E-state index contributed by atoms with van der Waals surface area (Å²) in [5.41, 5.74) is 2.85. The normalized spacial score (nSPS) is 16.3. The summed E-state index contributed by atoms with van der Waals surface area (Å²) in [6, 6.07) is 11.6. The standard InChI is InChI=1S/C24H29F2N5O/c1-27-24(28-8-7-18-15-29-22-14-20(26)5-6-21(18)22)30-16-23(31-9-11-32-12-10-31)17-3-2-4-19(25)13-17/h2-6,13-15,23,29H,7-12,16H2,1H3,(H2,27,28,30). The average Bonchev–Trinajstić information content (AvgIpc) is 3.20. The van der Waals surface area contributed by atoms with E-state index in [4.69, 9.17) is 4.74 Å². The van der Waals surface area contributed by atoms with Gasteiger partial charge in [0.2, 0.25) is 0 Å². The molecule has 1 fully saturated rings. The summed E-state index contributed by atoms with van der Waals surface area (Å²) in [4.78, 5) is 9.76. The molecule has 0 spiro atoms. The van der Waals surface area contributed by atoms with E-state index in [2.05, 4.69) is 25.5 Å². The van der Waals surface area contributed by atoms with Crippen LogP contribution < -0.4 is 10.6 Å². The maximum absolute atomic E-state index is 13.9. The molecule has 1 saturated heterocycles. The van der Waals surface area contributed by atoms with E-state index in [1.807, 2.05) is 12.3 Å². The molecule has 0 amide bonds. The Morgan fingerprint density at radius 3 is 2.72 bits per heavy atom. The fourth-order valence-corrected chi connectivity index (χ4v) is 4.16. The van der Waals surface area contributed by atoms with Crippen molar-refractivity contribution in [2.75, 3.05) is 46.4 Å². The minimum absolute atomic E-state index is 0.0108. The number of aromatic amines is 1. The summed E-state index contributed by atoms with van der Waals surface area (Å²) in [5.74, 6) is 0.203. The molecule has 3 aromatic rings. The van der Waals surface area contributed by atoms with Crippen LogP contribution in [0.1, 0.15) is 17.2 Å². The van der Waals surface area contributed by atoms with Crippen LogP contribution in [0, 0.1) is 11.6 Å². The van der Waals surface area contributed by atoms with Crippen LogP contribution in [0.2, 0.25) is 0 Å². The van der Waals surface area contributed by atoms with E-state index in [-0.39, 0.29) is 17.7 Å². The third-order valence-corrected chi connectivity index (χ3v) is 5.82. The van der Waals surface area contributed by atoms with Crippen molar-refractivity contribution in [1.82, 2.24) is 20.5 Å². The molecule has 2 heterocycles. The van der Waals surface area contributed by atoms with Gasteiger partial charge in [-0.3, -0.25) is 9.89 Å². The Hall–Kier alpha value is -2.97. The van der Waals surface area contributed by atoms with Crippen molar-refractivity contribution in [3.8, 4) is 0 Å². The van der Waals surface area contributed by atoms with Crippen LogP contribution in [0.5, 0.6) is 0 Å². The van der Waals surface area contributed by atoms with E-state index in [0.717, 1.165) is 41.5 Å². The lowest BCUT2D eigenvalue weighted by Gasteiger charge is -2.35. The number of ether oxygens (including phenoxy) is 1. The lowest BCUT2D eigenvalue weighted by Crippen LogP contribution is -2.46. The first-order valence-corrected chi connectivity index (χ1v) is 10.9. The van der Waals surface area contributed by atoms with E-state index in [1.165, 1.54) is 18.2 Å². The molecular formula is C24H29F2N5O. The molecule has 32 heavy (non-hydrogen) atoms. The average molecular weight is 442 g/mol. The Morgan fingerprint density at radius 2 is 1.94 bits per heavy atom. The van der Waals surface area contributed by atoms with Gasteiger partial charge in [0.15, 0.2) is 5.96 Å². The van der Waals surface area contributed by atoms with Crippen LogP contribution in [0.15, 0.2) is 53.7 Å². The fourth-order valence-electron chi connectivity index (χ4n) is 4.16. The van der Waals surface area contributed by atoms with Gasteiger partial charge < -0.3 is 20.4 Å². The van der Waals surface area contributed by atoms with Gasteiger partial charge in [0.1, 0.15) is 11.6 Å². The highest BCUT2D eigenvalue weighted by atomic mass is 19.1. The van der Waals surface area contributed by atoms with Crippen LogP contribution in [0.25, 0.3) is 10.9 Å². The van der Waals surface area contributed by atoms with Crippen molar-refractivity contribution in [3.05, 3.63) is 71.4 Å². The van der Waals surface area contributed by atoms with E-state index >= 15 is 0 Å². The Kier molecular flexibility index (Phi) is 7.34. The maximum atomic E-state index is 13.9. The minimum Gasteiger partial charge on any atom is -0.379 e. The molecule has 0 aliphatic carbocycles. The first-order chi connectivity index (χ1) is 15.6. The summed E-state index contributed by atoms with van der Waals surface area (Å²) >= 11 is 0. The molecule has 6 nitrogen and oxygen atoms in total. The van der Waals surface area contributed by atoms with Crippen molar-refractivity contribution in [2.24, 2.45) is 4.99 Å². The molecule has 1 atom stereocenters. The number of benzene rings is 2. The summed E-state index contributed by atoms with van der Waals surface area (Å²) in [7, 11) is 1.73. The van der Waals surface area contributed by atoms with E-state index < -0.39 is 0 Å². The number of nitrogens with zero attached hydrogens (tertiary/aromatic N) is 2. The van der Waals surface area contributed by atoms with Crippen molar-refractivity contribution >= 4 is 16.9 Å². The van der Waals surface area contributed by atoms with E-state index in [9.17, 15) is 8.78 Å². The van der Waals surface area contributed by atoms with Crippen LogP contribution >= 0.6 is 0 Å². The second kappa shape index (κ2) is 10.6. The lowest BCUT2D eigenvalue weighted by molar-refractivity contribution is 0.0169. The van der Waals surface area contributed by atoms with Gasteiger partial charge in [-0.1, -0.05) is 12.1 Å². The van der Waals surface area contributed by atoms with E-state index in [1.54, 1.807) is 25.2 Å². The van der Waals surface area contributed by atoms with E-state index in [0.29, 0.717) is 32.3 Å². The third kappa shape index (κ3) is 5.44. The number of guanidine groups is 1. The highest BCUT2D eigenvalue weighted by Gasteiger charge is 2.23. The summed E-state index contributed by atoms with van der Waals surface area (Å²) in [5, 5.41) is 7.75. The number of nitrogens with one attached hydrogen (secondary N) is 3. The van der Waals surface area contributed by atoms with Gasteiger partial charge in [-0.2, -0.15) is 0 Å². The molecule has 3 N–H and O–H groups in total. The number of H-pyrrole nitrogens is 1. The Labute approximate surface area is 186 Å². The van der Waals surface area contributed by atoms with Crippen molar-refractivity contribution in [3.63, 3.8) is 0 Å². The molecular weight excluding hydrogens is 412 g/mol. The monoisotopic (exact) mass is 441 g/mol. The van der Waals surface area contributed by atoms with Gasteiger partial charge in [0.25, 0.3) is 0 Å². The topological polar surface area (TPSA) is 64.7 Å². The second-order valence-electron chi connectivity index (χ2n) is 7.85. The SMILES string of the molecule is CN=C(NCCc1c[nH]c2cc(F)ccc12)NCC(c1cccc(F)c1)N1CCOCC1. The minimum atomic E-state index is -0.248. The molecule has 0 radical (unpaired) electrons. The Bertz CT molecular complexity index is 1060. The quantitative estimate of drug-likeness (QED) is 0.389. The zero-order chi connectivity index (χ0) is 22.3. The Balaban J connectivity index is 1.36. The highest BCUT2D eigenvalue weighted by molar-refractivity contribution is 5.83. The number of hydrogen-bond acceptors (Lipinski definition) is 3. The van der Waals surface area contributed by atoms with Crippen LogP contribution in [0.4, 0.5) is 8.78 Å². The molecule has 0 bridgehead atoms. The zero-order valence-corrected chi connectivity index (χ0v) is 18.2. The molecule has 1 aliphatic heterocycles. The maximum Gasteiger partial charge on any atom is 0.191 e. The number of halogens is 2. The van der Waals surface area contributed by atoms with Gasteiger partial charge in [-0.05, 0) is 47.9 Å². The van der Waals surface area contributed by atoms with Crippen LogP contribution in [-0.4, -0.2) is 62.3 Å². The van der Waals surface area contributed by atoms with Gasteiger partial charge in [0.05, 0.1) is 19.3 Å². The Morgan fingerprint density at radius 1 is 1.12 bits per heavy atom. The first kappa shape index (κ1) is 22.2. The summed E-state index contributed by atoms with van der Waals surface area (Å²) in [6.45, 7) is 4.22. The molecule has 170 valence electrons. The number of fused-ring (bicyclic) bond motifs is 1. The van der Waals surface area contributed by atoms with Crippen LogP contribution in [0.3, 0.4) is 0 Å². The molecule has 2 aromatic carbocycles. The molecule has 4 rings (SSSR count). The lowest BCUT2D eigenvalue weighted by atomic mass is 10.0. The second-order valence-corrected chi connectivity index (χ2v) is 7.85. The largest absolute Gasteiger partial charge is 0.379 e. The fraction of sp³-hybridized carbons (Fsp3) is 0.375. The zero-order valence-electron chi connectivity index (χ0n) is 18.2. The summed E-state index contributed by atoms with van der Waals surface area (Å²) < 4.78 is 32.7. The van der Waals surface area contributed by atoms with Crippen molar-refractivity contribution in [2.45, 2.75) is 12.5 Å². The predicted molar refractivity (Wildman–Crippen MR) is 123 cm³/mol. The number of hydrogen-bond donors (Lipinski definition) is 3. The molecule has 8 heteroatoms. The summed E-state index contributed by atoms with van der Waals surface area (Å²) in [6.07, 6.45) is 2.68. The van der Waals surface area contributed by atoms with Crippen molar-refractivity contribution in [1.29, 1.82) is 0 Å². The number of morpholine rings is 1. The van der Waals surface area contributed by atoms with Gasteiger partial charge in [0, 0.05) is 50.3 Å². The van der Waals surface area contributed by atoms with Gasteiger partial charge in [-0.15, -0.1) is 0 Å².